The van der Waals surface area contributed by atoms with Gasteiger partial charge < -0.3 is 5.32 Å². The van der Waals surface area contributed by atoms with Gasteiger partial charge in [-0.25, -0.2) is 17.5 Å². The number of rotatable bonds is 6. The van der Waals surface area contributed by atoms with Crippen molar-refractivity contribution < 1.29 is 17.6 Å². The molecule has 5 nitrogen and oxygen atoms in total. The first-order valence-corrected chi connectivity index (χ1v) is 9.41. The molecule has 0 saturated heterocycles. The molecule has 0 aliphatic rings. The predicted octanol–water partition coefficient (Wildman–Crippen LogP) is 3.46. The number of nitrogens with one attached hydrogen (secondary N) is 2. The predicted molar refractivity (Wildman–Crippen MR) is 95.6 cm³/mol. The minimum Gasteiger partial charge on any atom is -0.322 e. The maximum absolute atomic E-state index is 13.5. The second-order valence-corrected chi connectivity index (χ2v) is 7.59. The molecule has 0 saturated carbocycles. The minimum atomic E-state index is -3.61. The highest BCUT2D eigenvalue weighted by Gasteiger charge is 2.17. The molecule has 0 heterocycles. The molecule has 0 bridgehead atoms. The summed E-state index contributed by atoms with van der Waals surface area (Å²) in [6, 6.07) is 9.82. The maximum atomic E-state index is 13.5. The van der Waals surface area contributed by atoms with Crippen LogP contribution >= 0.6 is 0 Å². The van der Waals surface area contributed by atoms with Crippen molar-refractivity contribution in [1.82, 2.24) is 4.72 Å². The lowest BCUT2D eigenvalue weighted by molar-refractivity contribution is 0.102. The first kappa shape index (κ1) is 19.1. The molecule has 1 atom stereocenters. The van der Waals surface area contributed by atoms with Crippen LogP contribution in [-0.4, -0.2) is 20.4 Å². The van der Waals surface area contributed by atoms with Crippen LogP contribution in [0.3, 0.4) is 0 Å². The molecule has 0 aliphatic heterocycles. The smallest absolute Gasteiger partial charge is 0.255 e. The maximum Gasteiger partial charge on any atom is 0.255 e. The summed E-state index contributed by atoms with van der Waals surface area (Å²) in [4.78, 5) is 12.3. The van der Waals surface area contributed by atoms with Crippen molar-refractivity contribution in [3.63, 3.8) is 0 Å². The molecule has 2 rings (SSSR count). The van der Waals surface area contributed by atoms with Crippen LogP contribution in [-0.2, 0) is 10.0 Å². The average molecular weight is 364 g/mol. The van der Waals surface area contributed by atoms with Crippen LogP contribution in [0.2, 0.25) is 0 Å². The molecule has 0 spiro atoms. The van der Waals surface area contributed by atoms with Crippen molar-refractivity contribution in [1.29, 1.82) is 0 Å². The molecule has 2 N–H and O–H groups in total. The Kier molecular flexibility index (Phi) is 5.92. The molecule has 0 unspecified atom stereocenters. The molecule has 0 aromatic heterocycles. The second-order valence-electron chi connectivity index (χ2n) is 5.87. The molecule has 25 heavy (non-hydrogen) atoms. The Labute approximate surface area is 147 Å². The van der Waals surface area contributed by atoms with Crippen molar-refractivity contribution in [3.05, 3.63) is 59.4 Å². The topological polar surface area (TPSA) is 75.3 Å². The highest BCUT2D eigenvalue weighted by atomic mass is 32.2. The molecule has 0 aliphatic carbocycles. The van der Waals surface area contributed by atoms with E-state index in [1.165, 1.54) is 30.3 Å². The standard InChI is InChI=1S/C18H21FN2O3S/c1-4-13(3)21-25(23,24)16-9-6-14(7-10-16)18(22)20-15-8-5-12(2)17(19)11-15/h5-11,13,21H,4H2,1-3H3,(H,20,22)/t13-/m1/s1. The summed E-state index contributed by atoms with van der Waals surface area (Å²) >= 11 is 0. The van der Waals surface area contributed by atoms with Crippen LogP contribution < -0.4 is 10.0 Å². The number of hydrogen-bond donors (Lipinski definition) is 2. The summed E-state index contributed by atoms with van der Waals surface area (Å²) in [5.74, 6) is -0.850. The molecular weight excluding hydrogens is 343 g/mol. The van der Waals surface area contributed by atoms with Crippen LogP contribution in [0.4, 0.5) is 10.1 Å². The van der Waals surface area contributed by atoms with E-state index in [2.05, 4.69) is 10.0 Å². The minimum absolute atomic E-state index is 0.0886. The van der Waals surface area contributed by atoms with Gasteiger partial charge in [-0.15, -0.1) is 0 Å². The van der Waals surface area contributed by atoms with Gasteiger partial charge in [-0.2, -0.15) is 0 Å². The second kappa shape index (κ2) is 7.76. The first-order valence-electron chi connectivity index (χ1n) is 7.93. The van der Waals surface area contributed by atoms with Gasteiger partial charge in [0.25, 0.3) is 5.91 Å². The van der Waals surface area contributed by atoms with Crippen LogP contribution in [0.25, 0.3) is 0 Å². The highest BCUT2D eigenvalue weighted by molar-refractivity contribution is 7.89. The van der Waals surface area contributed by atoms with Gasteiger partial charge in [-0.05, 0) is 62.2 Å². The van der Waals surface area contributed by atoms with Gasteiger partial charge in [0.05, 0.1) is 4.90 Å². The highest BCUT2D eigenvalue weighted by Crippen LogP contribution is 2.16. The zero-order valence-corrected chi connectivity index (χ0v) is 15.2. The van der Waals surface area contributed by atoms with Gasteiger partial charge in [0, 0.05) is 17.3 Å². The van der Waals surface area contributed by atoms with E-state index in [-0.39, 0.29) is 16.5 Å². The van der Waals surface area contributed by atoms with E-state index in [1.807, 2.05) is 6.92 Å². The van der Waals surface area contributed by atoms with Gasteiger partial charge in [0.2, 0.25) is 10.0 Å². The number of sulfonamides is 1. The molecule has 134 valence electrons. The third-order valence-corrected chi connectivity index (χ3v) is 5.43. The van der Waals surface area contributed by atoms with Crippen molar-refractivity contribution >= 4 is 21.6 Å². The summed E-state index contributed by atoms with van der Waals surface area (Å²) in [5, 5.41) is 2.58. The van der Waals surface area contributed by atoms with E-state index in [4.69, 9.17) is 0 Å². The van der Waals surface area contributed by atoms with E-state index >= 15 is 0 Å². The molecular formula is C18H21FN2O3S. The number of benzene rings is 2. The number of aryl methyl sites for hydroxylation is 1. The number of amides is 1. The Balaban J connectivity index is 2.13. The number of carbonyl (C=O) groups excluding carboxylic acids is 1. The lowest BCUT2D eigenvalue weighted by Crippen LogP contribution is -2.32. The molecule has 2 aromatic carbocycles. The molecule has 7 heteroatoms. The van der Waals surface area contributed by atoms with Crippen LogP contribution in [0, 0.1) is 12.7 Å². The quantitative estimate of drug-likeness (QED) is 0.824. The summed E-state index contributed by atoms with van der Waals surface area (Å²) < 4.78 is 40.5. The monoisotopic (exact) mass is 364 g/mol. The molecule has 1 amide bonds. The summed E-state index contributed by atoms with van der Waals surface area (Å²) in [6.45, 7) is 5.29. The molecule has 0 radical (unpaired) electrons. The Bertz CT molecular complexity index is 864. The Morgan fingerprint density at radius 1 is 1.16 bits per heavy atom. The Morgan fingerprint density at radius 3 is 2.36 bits per heavy atom. The van der Waals surface area contributed by atoms with E-state index in [0.29, 0.717) is 17.7 Å². The van der Waals surface area contributed by atoms with Crippen LogP contribution in [0.5, 0.6) is 0 Å². The third kappa shape index (κ3) is 4.87. The Morgan fingerprint density at radius 2 is 1.80 bits per heavy atom. The van der Waals surface area contributed by atoms with Crippen molar-refractivity contribution in [3.8, 4) is 0 Å². The number of anilines is 1. The molecule has 0 fully saturated rings. The summed E-state index contributed by atoms with van der Waals surface area (Å²) in [7, 11) is -3.61. The van der Waals surface area contributed by atoms with Gasteiger partial charge in [0.15, 0.2) is 0 Å². The van der Waals surface area contributed by atoms with Crippen molar-refractivity contribution in [2.75, 3.05) is 5.32 Å². The first-order chi connectivity index (χ1) is 11.7. The van der Waals surface area contributed by atoms with Crippen molar-refractivity contribution in [2.24, 2.45) is 0 Å². The fourth-order valence-electron chi connectivity index (χ4n) is 2.08. The number of halogens is 1. The fraction of sp³-hybridized carbons (Fsp3) is 0.278. The zero-order valence-electron chi connectivity index (χ0n) is 14.3. The van der Waals surface area contributed by atoms with Crippen molar-refractivity contribution in [2.45, 2.75) is 38.1 Å². The fourth-order valence-corrected chi connectivity index (χ4v) is 3.40. The zero-order chi connectivity index (χ0) is 18.6. The van der Waals surface area contributed by atoms with E-state index in [1.54, 1.807) is 26.0 Å². The van der Waals surface area contributed by atoms with E-state index < -0.39 is 21.7 Å². The summed E-state index contributed by atoms with van der Waals surface area (Å²) in [5.41, 5.74) is 1.10. The van der Waals surface area contributed by atoms with Gasteiger partial charge in [0.1, 0.15) is 5.82 Å². The van der Waals surface area contributed by atoms with Gasteiger partial charge in [-0.1, -0.05) is 13.0 Å². The SMILES string of the molecule is CC[C@@H](C)NS(=O)(=O)c1ccc(C(=O)Nc2ccc(C)c(F)c2)cc1. The largest absolute Gasteiger partial charge is 0.322 e. The Hall–Kier alpha value is -2.25. The lowest BCUT2D eigenvalue weighted by atomic mass is 10.2. The van der Waals surface area contributed by atoms with Gasteiger partial charge >= 0.3 is 0 Å². The van der Waals surface area contributed by atoms with Crippen LogP contribution in [0.1, 0.15) is 36.2 Å². The number of carbonyl (C=O) groups is 1. The average Bonchev–Trinajstić information content (AvgIpc) is 2.57. The van der Waals surface area contributed by atoms with E-state index in [0.717, 1.165) is 0 Å². The summed E-state index contributed by atoms with van der Waals surface area (Å²) in [6.07, 6.45) is 0.673. The third-order valence-electron chi connectivity index (χ3n) is 3.83. The lowest BCUT2D eigenvalue weighted by Gasteiger charge is -2.12. The van der Waals surface area contributed by atoms with Crippen LogP contribution in [0.15, 0.2) is 47.4 Å². The van der Waals surface area contributed by atoms with E-state index in [9.17, 15) is 17.6 Å². The van der Waals surface area contributed by atoms with Gasteiger partial charge in [-0.3, -0.25) is 4.79 Å². The molecule has 2 aromatic rings. The number of hydrogen-bond acceptors (Lipinski definition) is 3. The normalized spacial score (nSPS) is 12.6.